The molecule has 2 aromatic heterocycles. The standard InChI is InChI=1S/C15H17N3O2.C2H2O4/c19-15(14-5-3-11-20-14)18-9-7-17(8-10-18)12-13-4-1-2-6-16-13;3-1(4)2(5)6/h1-6,11H,7-10,12H2;(H,3,4)(H,5,6). The molecule has 138 valence electrons. The number of rotatable bonds is 3. The van der Waals surface area contributed by atoms with E-state index in [4.69, 9.17) is 24.2 Å². The third-order valence-corrected chi connectivity index (χ3v) is 3.69. The molecular formula is C17H19N3O6. The Bertz CT molecular complexity index is 712. The summed E-state index contributed by atoms with van der Waals surface area (Å²) in [6.07, 6.45) is 3.34. The molecule has 9 heteroatoms. The fourth-order valence-electron chi connectivity index (χ4n) is 2.39. The maximum absolute atomic E-state index is 12.1. The molecule has 26 heavy (non-hydrogen) atoms. The van der Waals surface area contributed by atoms with Crippen LogP contribution in [0.4, 0.5) is 0 Å². The summed E-state index contributed by atoms with van der Waals surface area (Å²) in [6, 6.07) is 9.40. The summed E-state index contributed by atoms with van der Waals surface area (Å²) in [6.45, 7) is 4.02. The van der Waals surface area contributed by atoms with Crippen LogP contribution in [-0.4, -0.2) is 69.0 Å². The highest BCUT2D eigenvalue weighted by atomic mass is 16.4. The molecule has 0 bridgehead atoms. The third kappa shape index (κ3) is 5.71. The van der Waals surface area contributed by atoms with E-state index in [-0.39, 0.29) is 5.91 Å². The Balaban J connectivity index is 0.000000352. The molecule has 1 saturated heterocycles. The number of aliphatic carboxylic acids is 2. The fourth-order valence-corrected chi connectivity index (χ4v) is 2.39. The van der Waals surface area contributed by atoms with Crippen LogP contribution >= 0.6 is 0 Å². The van der Waals surface area contributed by atoms with E-state index in [1.165, 1.54) is 6.26 Å². The summed E-state index contributed by atoms with van der Waals surface area (Å²) in [7, 11) is 0. The zero-order valence-electron chi connectivity index (χ0n) is 13.9. The number of hydrogen-bond acceptors (Lipinski definition) is 6. The highest BCUT2D eigenvalue weighted by Crippen LogP contribution is 2.11. The van der Waals surface area contributed by atoms with Crippen molar-refractivity contribution in [1.82, 2.24) is 14.8 Å². The van der Waals surface area contributed by atoms with E-state index in [9.17, 15) is 4.79 Å². The van der Waals surface area contributed by atoms with Gasteiger partial charge in [0.25, 0.3) is 5.91 Å². The van der Waals surface area contributed by atoms with Crippen molar-refractivity contribution in [2.24, 2.45) is 0 Å². The minimum absolute atomic E-state index is 0.0208. The maximum atomic E-state index is 12.1. The molecule has 9 nitrogen and oxygen atoms in total. The number of amides is 1. The zero-order chi connectivity index (χ0) is 18.9. The van der Waals surface area contributed by atoms with Crippen molar-refractivity contribution in [3.8, 4) is 0 Å². The lowest BCUT2D eigenvalue weighted by molar-refractivity contribution is -0.159. The van der Waals surface area contributed by atoms with E-state index in [2.05, 4.69) is 9.88 Å². The van der Waals surface area contributed by atoms with Crippen LogP contribution in [0.15, 0.2) is 47.2 Å². The number of carboxylic acids is 2. The SMILES string of the molecule is O=C(O)C(=O)O.O=C(c1ccco1)N1CCN(Cc2ccccn2)CC1. The lowest BCUT2D eigenvalue weighted by Crippen LogP contribution is -2.48. The molecule has 2 N–H and O–H groups in total. The summed E-state index contributed by atoms with van der Waals surface area (Å²) in [5.74, 6) is -3.25. The molecule has 0 spiro atoms. The smallest absolute Gasteiger partial charge is 0.414 e. The Morgan fingerprint density at radius 2 is 1.69 bits per heavy atom. The molecule has 1 amide bonds. The van der Waals surface area contributed by atoms with Crippen molar-refractivity contribution in [1.29, 1.82) is 0 Å². The number of hydrogen-bond donors (Lipinski definition) is 2. The van der Waals surface area contributed by atoms with Gasteiger partial charge in [-0.05, 0) is 24.3 Å². The lowest BCUT2D eigenvalue weighted by atomic mass is 10.2. The first-order chi connectivity index (χ1) is 12.5. The maximum Gasteiger partial charge on any atom is 0.414 e. The predicted octanol–water partition coefficient (Wildman–Crippen LogP) is 0.788. The van der Waals surface area contributed by atoms with Crippen LogP contribution in [-0.2, 0) is 16.1 Å². The topological polar surface area (TPSA) is 124 Å². The van der Waals surface area contributed by atoms with Crippen LogP contribution in [0.2, 0.25) is 0 Å². The van der Waals surface area contributed by atoms with E-state index < -0.39 is 11.9 Å². The van der Waals surface area contributed by atoms with Gasteiger partial charge in [0.1, 0.15) is 0 Å². The number of nitrogens with zero attached hydrogens (tertiary/aromatic N) is 3. The number of piperazine rings is 1. The van der Waals surface area contributed by atoms with Gasteiger partial charge in [-0.25, -0.2) is 9.59 Å². The van der Waals surface area contributed by atoms with Crippen molar-refractivity contribution in [3.05, 3.63) is 54.2 Å². The number of carbonyl (C=O) groups excluding carboxylic acids is 1. The molecule has 1 fully saturated rings. The molecular weight excluding hydrogens is 342 g/mol. The molecule has 3 heterocycles. The van der Waals surface area contributed by atoms with Crippen LogP contribution in [0, 0.1) is 0 Å². The van der Waals surface area contributed by atoms with E-state index in [0.29, 0.717) is 5.76 Å². The molecule has 0 aromatic carbocycles. The monoisotopic (exact) mass is 361 g/mol. The molecule has 0 atom stereocenters. The Labute approximate surface area is 149 Å². The quantitative estimate of drug-likeness (QED) is 0.769. The van der Waals surface area contributed by atoms with Crippen molar-refractivity contribution in [2.45, 2.75) is 6.54 Å². The van der Waals surface area contributed by atoms with Gasteiger partial charge >= 0.3 is 11.9 Å². The minimum atomic E-state index is -1.82. The molecule has 2 aromatic rings. The Hall–Kier alpha value is -3.20. The minimum Gasteiger partial charge on any atom is -0.473 e. The number of aromatic nitrogens is 1. The predicted molar refractivity (Wildman–Crippen MR) is 89.4 cm³/mol. The van der Waals surface area contributed by atoms with Crippen molar-refractivity contribution < 1.29 is 29.0 Å². The van der Waals surface area contributed by atoms with Crippen molar-refractivity contribution in [2.75, 3.05) is 26.2 Å². The van der Waals surface area contributed by atoms with E-state index in [1.807, 2.05) is 29.3 Å². The Morgan fingerprint density at radius 3 is 2.19 bits per heavy atom. The van der Waals surface area contributed by atoms with Gasteiger partial charge in [-0.3, -0.25) is 14.7 Å². The summed E-state index contributed by atoms with van der Waals surface area (Å²) in [4.78, 5) is 38.8. The summed E-state index contributed by atoms with van der Waals surface area (Å²) in [5.41, 5.74) is 1.07. The number of pyridine rings is 1. The first-order valence-electron chi connectivity index (χ1n) is 7.88. The molecule has 0 radical (unpaired) electrons. The number of carboxylic acid groups (broad SMARTS) is 2. The van der Waals surface area contributed by atoms with Crippen LogP contribution in [0.5, 0.6) is 0 Å². The third-order valence-electron chi connectivity index (χ3n) is 3.69. The molecule has 1 aliphatic heterocycles. The van der Waals surface area contributed by atoms with Crippen LogP contribution < -0.4 is 0 Å². The van der Waals surface area contributed by atoms with Gasteiger partial charge in [-0.1, -0.05) is 6.07 Å². The first-order valence-corrected chi connectivity index (χ1v) is 7.88. The zero-order valence-corrected chi connectivity index (χ0v) is 13.9. The number of furan rings is 1. The van der Waals surface area contributed by atoms with Crippen molar-refractivity contribution in [3.63, 3.8) is 0 Å². The van der Waals surface area contributed by atoms with Gasteiger partial charge in [0.2, 0.25) is 0 Å². The molecule has 1 aliphatic rings. The molecule has 0 unspecified atom stereocenters. The van der Waals surface area contributed by atoms with E-state index >= 15 is 0 Å². The normalized spacial score (nSPS) is 14.2. The van der Waals surface area contributed by atoms with Crippen LogP contribution in [0.1, 0.15) is 16.2 Å². The summed E-state index contributed by atoms with van der Waals surface area (Å²) < 4.78 is 5.16. The Morgan fingerprint density at radius 1 is 1.00 bits per heavy atom. The van der Waals surface area contributed by atoms with Gasteiger partial charge in [0.15, 0.2) is 5.76 Å². The van der Waals surface area contributed by atoms with Gasteiger partial charge < -0.3 is 19.5 Å². The van der Waals surface area contributed by atoms with Gasteiger partial charge in [-0.15, -0.1) is 0 Å². The summed E-state index contributed by atoms with van der Waals surface area (Å²) >= 11 is 0. The fraction of sp³-hybridized carbons (Fsp3) is 0.294. The van der Waals surface area contributed by atoms with Crippen LogP contribution in [0.3, 0.4) is 0 Å². The van der Waals surface area contributed by atoms with Crippen LogP contribution in [0.25, 0.3) is 0 Å². The molecule has 3 rings (SSSR count). The molecule has 0 aliphatic carbocycles. The second-order valence-electron chi connectivity index (χ2n) is 5.48. The second kappa shape index (κ2) is 9.33. The van der Waals surface area contributed by atoms with Gasteiger partial charge in [0.05, 0.1) is 12.0 Å². The van der Waals surface area contributed by atoms with Gasteiger partial charge in [0, 0.05) is 38.9 Å². The van der Waals surface area contributed by atoms with Gasteiger partial charge in [-0.2, -0.15) is 0 Å². The average molecular weight is 361 g/mol. The van der Waals surface area contributed by atoms with E-state index in [0.717, 1.165) is 38.4 Å². The Kier molecular flexibility index (Phi) is 6.86. The summed E-state index contributed by atoms with van der Waals surface area (Å²) in [5, 5.41) is 14.8. The number of carbonyl (C=O) groups is 3. The second-order valence-corrected chi connectivity index (χ2v) is 5.48. The highest BCUT2D eigenvalue weighted by Gasteiger charge is 2.23. The lowest BCUT2D eigenvalue weighted by Gasteiger charge is -2.34. The van der Waals surface area contributed by atoms with E-state index in [1.54, 1.807) is 12.1 Å². The molecule has 0 saturated carbocycles. The van der Waals surface area contributed by atoms with Crippen molar-refractivity contribution >= 4 is 17.8 Å². The average Bonchev–Trinajstić information content (AvgIpc) is 3.18. The largest absolute Gasteiger partial charge is 0.473 e. The highest BCUT2D eigenvalue weighted by molar-refractivity contribution is 6.27. The first kappa shape index (κ1) is 19.1.